The minimum atomic E-state index is -1.04. The van der Waals surface area contributed by atoms with Gasteiger partial charge in [0.05, 0.1) is 11.9 Å². The highest BCUT2D eigenvalue weighted by Crippen LogP contribution is 2.31. The second-order valence-electron chi connectivity index (χ2n) is 11.6. The molecule has 1 fully saturated rings. The normalized spacial score (nSPS) is 16.8. The predicted molar refractivity (Wildman–Crippen MR) is 172 cm³/mol. The Morgan fingerprint density at radius 1 is 1.16 bits per heavy atom. The average Bonchev–Trinajstić information content (AvgIpc) is 3.45. The summed E-state index contributed by atoms with van der Waals surface area (Å²) in [5, 5.41) is 19.5. The van der Waals surface area contributed by atoms with E-state index in [9.17, 15) is 9.18 Å². The molecule has 3 aromatic heterocycles. The maximum atomic E-state index is 13.2. The number of benzene rings is 2. The molecule has 0 bridgehead atoms. The van der Waals surface area contributed by atoms with Crippen LogP contribution < -0.4 is 21.3 Å². The molecular formula is C33H36FN9O. The summed E-state index contributed by atoms with van der Waals surface area (Å²) in [4.78, 5) is 26.2. The number of anilines is 3. The summed E-state index contributed by atoms with van der Waals surface area (Å²) < 4.78 is 15.0. The molecule has 44 heavy (non-hydrogen) atoms. The first-order chi connectivity index (χ1) is 21.3. The molecule has 1 aliphatic heterocycles. The van der Waals surface area contributed by atoms with Crippen LogP contribution in [0.4, 0.5) is 22.0 Å². The molecule has 2 aromatic carbocycles. The first-order valence-electron chi connectivity index (χ1n) is 14.9. The van der Waals surface area contributed by atoms with Crippen LogP contribution in [0.3, 0.4) is 0 Å². The van der Waals surface area contributed by atoms with Crippen molar-refractivity contribution in [1.82, 2.24) is 29.9 Å². The third kappa shape index (κ3) is 6.09. The topological polar surface area (TPSA) is 121 Å². The number of carbonyl (C=O) groups excluding carboxylic acids is 1. The Bertz CT molecular complexity index is 1840. The minimum absolute atomic E-state index is 0.245. The molecule has 0 spiro atoms. The Hall–Kier alpha value is -4.90. The second-order valence-corrected chi connectivity index (χ2v) is 11.6. The summed E-state index contributed by atoms with van der Waals surface area (Å²) in [6.07, 6.45) is 5.73. The maximum absolute atomic E-state index is 13.2. The first kappa shape index (κ1) is 29.2. The second kappa shape index (κ2) is 12.4. The van der Waals surface area contributed by atoms with Gasteiger partial charge in [0, 0.05) is 53.6 Å². The number of piperidine rings is 1. The van der Waals surface area contributed by atoms with Crippen molar-refractivity contribution in [1.29, 1.82) is 0 Å². The van der Waals surface area contributed by atoms with E-state index in [4.69, 9.17) is 15.0 Å². The quantitative estimate of drug-likeness (QED) is 0.153. The van der Waals surface area contributed by atoms with Gasteiger partial charge >= 0.3 is 0 Å². The summed E-state index contributed by atoms with van der Waals surface area (Å²) in [7, 11) is 0. The molecule has 10 nitrogen and oxygen atoms in total. The smallest absolute Gasteiger partial charge is 0.283 e. The van der Waals surface area contributed by atoms with E-state index in [2.05, 4.69) is 59.8 Å². The van der Waals surface area contributed by atoms with E-state index >= 15 is 0 Å². The number of halogens is 1. The Kier molecular flexibility index (Phi) is 8.21. The lowest BCUT2D eigenvalue weighted by molar-refractivity contribution is -0.114. The van der Waals surface area contributed by atoms with Crippen molar-refractivity contribution in [2.75, 3.05) is 22.5 Å². The standard InChI is InChI=1S/C33H36FN9O/c1-19(2)28-18-38-43-30(28)41-32(40-25-10-9-20(3)36-17-25)42-33(43)37-16-23-7-5-6-8-26(23)29-27-12-11-24(39-31(44)21(4)34)15-22(27)13-14-35-29/h5-8,11-15,18-20,25,36H,4,9-10,16-17H2,1-3H3,(H,39,44)(H2,37,40,41,42)/t20-,25-/m1/s1. The third-order valence-corrected chi connectivity index (χ3v) is 7.99. The Balaban J connectivity index is 1.31. The molecule has 1 amide bonds. The van der Waals surface area contributed by atoms with Crippen molar-refractivity contribution in [2.45, 2.75) is 58.2 Å². The van der Waals surface area contributed by atoms with Gasteiger partial charge in [0.15, 0.2) is 11.5 Å². The van der Waals surface area contributed by atoms with E-state index in [1.807, 2.05) is 36.5 Å². The molecule has 0 saturated carbocycles. The number of hydrogen-bond donors (Lipinski definition) is 4. The summed E-state index contributed by atoms with van der Waals surface area (Å²) in [6, 6.07) is 16.1. The lowest BCUT2D eigenvalue weighted by Crippen LogP contribution is -2.43. The summed E-state index contributed by atoms with van der Waals surface area (Å²) in [5.74, 6) is -0.482. The summed E-state index contributed by atoms with van der Waals surface area (Å²) in [5.41, 5.74) is 5.07. The van der Waals surface area contributed by atoms with E-state index in [0.29, 0.717) is 30.2 Å². The monoisotopic (exact) mass is 593 g/mol. The fraction of sp³-hybridized carbons (Fsp3) is 0.303. The number of aromatic nitrogens is 5. The number of nitrogens with one attached hydrogen (secondary N) is 4. The van der Waals surface area contributed by atoms with Crippen molar-refractivity contribution < 1.29 is 9.18 Å². The molecule has 0 aliphatic carbocycles. The summed E-state index contributed by atoms with van der Waals surface area (Å²) in [6.45, 7) is 10.9. The number of carbonyl (C=O) groups is 1. The Morgan fingerprint density at radius 2 is 2.00 bits per heavy atom. The maximum Gasteiger partial charge on any atom is 0.283 e. The van der Waals surface area contributed by atoms with E-state index < -0.39 is 11.7 Å². The van der Waals surface area contributed by atoms with Crippen molar-refractivity contribution in [3.63, 3.8) is 0 Å². The highest BCUT2D eigenvalue weighted by Gasteiger charge is 2.21. The molecule has 226 valence electrons. The number of hydrogen-bond acceptors (Lipinski definition) is 8. The molecule has 0 radical (unpaired) electrons. The van der Waals surface area contributed by atoms with Gasteiger partial charge in [0.1, 0.15) is 0 Å². The van der Waals surface area contributed by atoms with E-state index in [1.165, 1.54) is 0 Å². The van der Waals surface area contributed by atoms with Crippen LogP contribution in [-0.2, 0) is 11.3 Å². The zero-order valence-electron chi connectivity index (χ0n) is 25.1. The third-order valence-electron chi connectivity index (χ3n) is 7.99. The first-order valence-corrected chi connectivity index (χ1v) is 14.9. The van der Waals surface area contributed by atoms with E-state index in [1.54, 1.807) is 22.8 Å². The van der Waals surface area contributed by atoms with Gasteiger partial charge in [-0.25, -0.2) is 4.39 Å². The van der Waals surface area contributed by atoms with Crippen LogP contribution in [0.2, 0.25) is 0 Å². The SMILES string of the molecule is C=C(F)C(=O)Nc1ccc2c(-c3ccccc3CNc3nc(N[C@@H]4CC[C@@H](C)NC4)nc4c(C(C)C)cnn34)nccc2c1. The van der Waals surface area contributed by atoms with Gasteiger partial charge in [-0.3, -0.25) is 9.78 Å². The van der Waals surface area contributed by atoms with Crippen LogP contribution in [0, 0.1) is 0 Å². The lowest BCUT2D eigenvalue weighted by atomic mass is 9.99. The van der Waals surface area contributed by atoms with Gasteiger partial charge in [0.25, 0.3) is 5.91 Å². The number of pyridine rings is 1. The van der Waals surface area contributed by atoms with Gasteiger partial charge < -0.3 is 21.3 Å². The lowest BCUT2D eigenvalue weighted by Gasteiger charge is -2.28. The van der Waals surface area contributed by atoms with E-state index in [0.717, 1.165) is 58.2 Å². The van der Waals surface area contributed by atoms with Crippen molar-refractivity contribution in [3.8, 4) is 11.3 Å². The summed E-state index contributed by atoms with van der Waals surface area (Å²) >= 11 is 0. The van der Waals surface area contributed by atoms with Gasteiger partial charge in [-0.2, -0.15) is 19.6 Å². The predicted octanol–water partition coefficient (Wildman–Crippen LogP) is 6.05. The Morgan fingerprint density at radius 3 is 2.77 bits per heavy atom. The van der Waals surface area contributed by atoms with Gasteiger partial charge in [0.2, 0.25) is 11.9 Å². The van der Waals surface area contributed by atoms with Crippen LogP contribution in [0.15, 0.2) is 73.3 Å². The van der Waals surface area contributed by atoms with Crippen LogP contribution in [0.25, 0.3) is 27.7 Å². The molecule has 2 atom stereocenters. The molecule has 6 rings (SSSR count). The molecule has 1 saturated heterocycles. The number of amides is 1. The van der Waals surface area contributed by atoms with Crippen LogP contribution in [0.5, 0.6) is 0 Å². The van der Waals surface area contributed by atoms with Crippen LogP contribution in [0.1, 0.15) is 50.7 Å². The van der Waals surface area contributed by atoms with Crippen molar-refractivity contribution in [2.24, 2.45) is 0 Å². The fourth-order valence-corrected chi connectivity index (χ4v) is 5.53. The largest absolute Gasteiger partial charge is 0.350 e. The number of nitrogens with zero attached hydrogens (tertiary/aromatic N) is 5. The molecule has 5 aromatic rings. The minimum Gasteiger partial charge on any atom is -0.350 e. The molecule has 0 unspecified atom stereocenters. The Labute approximate surface area is 255 Å². The van der Waals surface area contributed by atoms with E-state index in [-0.39, 0.29) is 12.0 Å². The highest BCUT2D eigenvalue weighted by molar-refractivity contribution is 6.04. The van der Waals surface area contributed by atoms with Gasteiger partial charge in [-0.15, -0.1) is 0 Å². The molecule has 4 N–H and O–H groups in total. The van der Waals surface area contributed by atoms with Gasteiger partial charge in [-0.1, -0.05) is 50.8 Å². The van der Waals surface area contributed by atoms with Crippen LogP contribution >= 0.6 is 0 Å². The molecule has 4 heterocycles. The van der Waals surface area contributed by atoms with Crippen molar-refractivity contribution >= 4 is 39.9 Å². The number of rotatable bonds is 9. The average molecular weight is 594 g/mol. The number of fused-ring (bicyclic) bond motifs is 2. The molecule has 1 aliphatic rings. The van der Waals surface area contributed by atoms with Crippen LogP contribution in [-0.4, -0.2) is 49.1 Å². The van der Waals surface area contributed by atoms with Gasteiger partial charge in [-0.05, 0) is 54.8 Å². The molecule has 11 heteroatoms. The highest BCUT2D eigenvalue weighted by atomic mass is 19.1. The zero-order valence-corrected chi connectivity index (χ0v) is 25.1. The molecular weight excluding hydrogens is 557 g/mol. The van der Waals surface area contributed by atoms with Crippen molar-refractivity contribution in [3.05, 3.63) is 84.5 Å². The fourth-order valence-electron chi connectivity index (χ4n) is 5.53. The zero-order chi connectivity index (χ0) is 30.8.